The first-order valence-corrected chi connectivity index (χ1v) is 9.99. The first-order chi connectivity index (χ1) is 13.0. The molecule has 142 valence electrons. The highest BCUT2D eigenvalue weighted by molar-refractivity contribution is 9.10. The molecule has 5 nitrogen and oxygen atoms in total. The van der Waals surface area contributed by atoms with Crippen molar-refractivity contribution >= 4 is 33.6 Å². The molecule has 0 radical (unpaired) electrons. The Morgan fingerprint density at radius 1 is 1.11 bits per heavy atom. The number of anilines is 1. The number of nitrogens with one attached hydrogen (secondary N) is 2. The number of carbonyl (C=O) groups is 2. The van der Waals surface area contributed by atoms with Crippen LogP contribution >= 0.6 is 15.9 Å². The molecule has 2 N–H and O–H groups in total. The van der Waals surface area contributed by atoms with Gasteiger partial charge in [0.15, 0.2) is 0 Å². The average Bonchev–Trinajstić information content (AvgIpc) is 2.69. The van der Waals surface area contributed by atoms with Crippen molar-refractivity contribution in [1.82, 2.24) is 10.2 Å². The summed E-state index contributed by atoms with van der Waals surface area (Å²) >= 11 is 3.42. The zero-order valence-electron chi connectivity index (χ0n) is 15.3. The van der Waals surface area contributed by atoms with Crippen molar-refractivity contribution in [3.05, 3.63) is 64.6 Å². The van der Waals surface area contributed by atoms with Gasteiger partial charge in [-0.15, -0.1) is 0 Å². The van der Waals surface area contributed by atoms with E-state index in [9.17, 15) is 9.59 Å². The topological polar surface area (TPSA) is 61.4 Å². The number of benzene rings is 2. The lowest BCUT2D eigenvalue weighted by atomic mass is 9.96. The average molecular weight is 430 g/mol. The smallest absolute Gasteiger partial charge is 0.321 e. The Morgan fingerprint density at radius 2 is 1.81 bits per heavy atom. The highest BCUT2D eigenvalue weighted by atomic mass is 79.9. The molecule has 0 spiro atoms. The molecule has 0 saturated carbocycles. The van der Waals surface area contributed by atoms with Crippen LogP contribution in [0.1, 0.15) is 31.4 Å². The minimum absolute atomic E-state index is 0.00244. The molecule has 2 aromatic rings. The van der Waals surface area contributed by atoms with Crippen molar-refractivity contribution in [2.45, 2.75) is 25.8 Å². The zero-order chi connectivity index (χ0) is 19.2. The Bertz CT molecular complexity index is 780. The molecule has 0 aromatic heterocycles. The number of rotatable bonds is 4. The third-order valence-corrected chi connectivity index (χ3v) is 5.36. The van der Waals surface area contributed by atoms with Crippen LogP contribution in [0.3, 0.4) is 0 Å². The van der Waals surface area contributed by atoms with E-state index in [0.29, 0.717) is 13.1 Å². The van der Waals surface area contributed by atoms with E-state index < -0.39 is 0 Å². The van der Waals surface area contributed by atoms with E-state index in [2.05, 4.69) is 26.6 Å². The lowest BCUT2D eigenvalue weighted by Gasteiger charge is -2.32. The van der Waals surface area contributed by atoms with Gasteiger partial charge in [0.2, 0.25) is 5.91 Å². The summed E-state index contributed by atoms with van der Waals surface area (Å²) in [6.07, 6.45) is 1.63. The monoisotopic (exact) mass is 429 g/mol. The second-order valence-corrected chi connectivity index (χ2v) is 7.78. The summed E-state index contributed by atoms with van der Waals surface area (Å²) in [5.41, 5.74) is 1.82. The van der Waals surface area contributed by atoms with Gasteiger partial charge in [-0.05, 0) is 49.6 Å². The number of piperidine rings is 1. The largest absolute Gasteiger partial charge is 0.349 e. The van der Waals surface area contributed by atoms with Gasteiger partial charge in [-0.2, -0.15) is 0 Å². The third kappa shape index (κ3) is 5.32. The summed E-state index contributed by atoms with van der Waals surface area (Å²) < 4.78 is 1.01. The van der Waals surface area contributed by atoms with Gasteiger partial charge in [-0.3, -0.25) is 4.79 Å². The standard InChI is InChI=1S/C21H24BrN3O2/c1-15(16-9-11-18(22)12-10-16)23-20(26)17-6-5-13-25(14-17)21(27)24-19-7-3-2-4-8-19/h2-4,7-12,15,17H,5-6,13-14H2,1H3,(H,23,26)(H,24,27). The van der Waals surface area contributed by atoms with E-state index in [0.717, 1.165) is 28.6 Å². The van der Waals surface area contributed by atoms with Crippen LogP contribution in [-0.2, 0) is 4.79 Å². The van der Waals surface area contributed by atoms with Gasteiger partial charge in [0.1, 0.15) is 0 Å². The van der Waals surface area contributed by atoms with Crippen molar-refractivity contribution in [3.8, 4) is 0 Å². The van der Waals surface area contributed by atoms with Gasteiger partial charge in [-0.1, -0.05) is 46.3 Å². The quantitative estimate of drug-likeness (QED) is 0.747. The molecule has 27 heavy (non-hydrogen) atoms. The van der Waals surface area contributed by atoms with Gasteiger partial charge in [0, 0.05) is 23.2 Å². The number of halogens is 1. The molecule has 0 bridgehead atoms. The first-order valence-electron chi connectivity index (χ1n) is 9.20. The molecule has 1 fully saturated rings. The van der Waals surface area contributed by atoms with Crippen LogP contribution < -0.4 is 10.6 Å². The van der Waals surface area contributed by atoms with Crippen molar-refractivity contribution in [2.24, 2.45) is 5.92 Å². The minimum atomic E-state index is -0.182. The number of amides is 3. The summed E-state index contributed by atoms with van der Waals surface area (Å²) in [6.45, 7) is 3.09. The Labute approximate surface area is 168 Å². The fourth-order valence-electron chi connectivity index (χ4n) is 3.27. The molecule has 1 heterocycles. The summed E-state index contributed by atoms with van der Waals surface area (Å²) in [4.78, 5) is 26.9. The van der Waals surface area contributed by atoms with Crippen LogP contribution in [0.2, 0.25) is 0 Å². The van der Waals surface area contributed by atoms with Gasteiger partial charge >= 0.3 is 6.03 Å². The highest BCUT2D eigenvalue weighted by Gasteiger charge is 2.29. The molecule has 0 aliphatic carbocycles. The number of urea groups is 1. The molecule has 2 unspecified atom stereocenters. The first kappa shape index (κ1) is 19.4. The van der Waals surface area contributed by atoms with Gasteiger partial charge < -0.3 is 15.5 Å². The number of hydrogen-bond donors (Lipinski definition) is 2. The second-order valence-electron chi connectivity index (χ2n) is 6.86. The Hall–Kier alpha value is -2.34. The van der Waals surface area contributed by atoms with Crippen LogP contribution in [0.4, 0.5) is 10.5 Å². The fourth-order valence-corrected chi connectivity index (χ4v) is 3.53. The second kappa shape index (κ2) is 9.04. The molecular weight excluding hydrogens is 406 g/mol. The summed E-state index contributed by atoms with van der Waals surface area (Å²) in [5, 5.41) is 5.98. The molecule has 2 atom stereocenters. The van der Waals surface area contributed by atoms with Gasteiger partial charge in [0.05, 0.1) is 12.0 Å². The molecular formula is C21H24BrN3O2. The summed E-state index contributed by atoms with van der Waals surface area (Å²) in [5.74, 6) is -0.180. The van der Waals surface area contributed by atoms with Gasteiger partial charge in [-0.25, -0.2) is 4.79 Å². The predicted octanol–water partition coefficient (Wildman–Crippen LogP) is 4.57. The molecule has 2 aromatic carbocycles. The van der Waals surface area contributed by atoms with Crippen LogP contribution in [0.15, 0.2) is 59.1 Å². The van der Waals surface area contributed by atoms with Crippen molar-refractivity contribution in [3.63, 3.8) is 0 Å². The van der Waals surface area contributed by atoms with Crippen LogP contribution in [0.25, 0.3) is 0 Å². The fraction of sp³-hybridized carbons (Fsp3) is 0.333. The maximum absolute atomic E-state index is 12.7. The maximum atomic E-state index is 12.7. The minimum Gasteiger partial charge on any atom is -0.349 e. The normalized spacial score (nSPS) is 17.9. The van der Waals surface area contributed by atoms with Crippen molar-refractivity contribution in [1.29, 1.82) is 0 Å². The van der Waals surface area contributed by atoms with Crippen LogP contribution in [0, 0.1) is 5.92 Å². The summed E-state index contributed by atoms with van der Waals surface area (Å²) in [7, 11) is 0. The molecule has 1 aliphatic heterocycles. The van der Waals surface area contributed by atoms with E-state index >= 15 is 0 Å². The lowest BCUT2D eigenvalue weighted by molar-refractivity contribution is -0.126. The Morgan fingerprint density at radius 3 is 2.52 bits per heavy atom. The Balaban J connectivity index is 1.56. The number of para-hydroxylation sites is 1. The van der Waals surface area contributed by atoms with E-state index in [1.165, 1.54) is 0 Å². The number of carbonyl (C=O) groups excluding carboxylic acids is 2. The molecule has 3 rings (SSSR count). The molecule has 1 aliphatic rings. The van der Waals surface area contributed by atoms with E-state index in [1.807, 2.05) is 61.5 Å². The molecule has 1 saturated heterocycles. The summed E-state index contributed by atoms with van der Waals surface area (Å²) in [6, 6.07) is 17.1. The molecule has 6 heteroatoms. The predicted molar refractivity (Wildman–Crippen MR) is 110 cm³/mol. The number of likely N-dealkylation sites (tertiary alicyclic amines) is 1. The van der Waals surface area contributed by atoms with Gasteiger partial charge in [0.25, 0.3) is 0 Å². The van der Waals surface area contributed by atoms with E-state index in [1.54, 1.807) is 4.90 Å². The molecule has 3 amide bonds. The van der Waals surface area contributed by atoms with Crippen LogP contribution in [-0.4, -0.2) is 29.9 Å². The number of hydrogen-bond acceptors (Lipinski definition) is 2. The van der Waals surface area contributed by atoms with E-state index in [4.69, 9.17) is 0 Å². The van der Waals surface area contributed by atoms with Crippen molar-refractivity contribution < 1.29 is 9.59 Å². The Kier molecular flexibility index (Phi) is 6.50. The zero-order valence-corrected chi connectivity index (χ0v) is 16.9. The number of nitrogens with zero attached hydrogens (tertiary/aromatic N) is 1. The van der Waals surface area contributed by atoms with E-state index in [-0.39, 0.29) is 23.9 Å². The SMILES string of the molecule is CC(NC(=O)C1CCCN(C(=O)Nc2ccccc2)C1)c1ccc(Br)cc1. The maximum Gasteiger partial charge on any atom is 0.321 e. The van der Waals surface area contributed by atoms with Crippen LogP contribution in [0.5, 0.6) is 0 Å². The van der Waals surface area contributed by atoms with Crippen molar-refractivity contribution in [2.75, 3.05) is 18.4 Å². The lowest BCUT2D eigenvalue weighted by Crippen LogP contribution is -2.47. The highest BCUT2D eigenvalue weighted by Crippen LogP contribution is 2.21. The third-order valence-electron chi connectivity index (χ3n) is 4.83.